The normalized spacial score (nSPS) is 21.1. The minimum atomic E-state index is -0.756. The summed E-state index contributed by atoms with van der Waals surface area (Å²) in [6, 6.07) is -0.432. The minimum absolute atomic E-state index is 0.432. The summed E-state index contributed by atoms with van der Waals surface area (Å²) in [7, 11) is 0. The van der Waals surface area contributed by atoms with E-state index >= 15 is 0 Å². The summed E-state index contributed by atoms with van der Waals surface area (Å²) in [6.45, 7) is 5.41. The molecule has 0 amide bonds. The molecule has 2 rings (SSSR count). The van der Waals surface area contributed by atoms with Crippen molar-refractivity contribution in [2.75, 3.05) is 6.54 Å². The molecule has 1 unspecified atom stereocenters. The molecule has 6 heteroatoms. The van der Waals surface area contributed by atoms with Gasteiger partial charge in [0.25, 0.3) is 0 Å². The highest BCUT2D eigenvalue weighted by atomic mass is 16.5. The molecule has 1 saturated heterocycles. The second kappa shape index (κ2) is 6.83. The molecule has 0 aromatic carbocycles. The highest BCUT2D eigenvalue weighted by Gasteiger charge is 2.28. The Bertz CT molecular complexity index is 445. The van der Waals surface area contributed by atoms with Gasteiger partial charge in [-0.05, 0) is 25.3 Å². The van der Waals surface area contributed by atoms with Gasteiger partial charge in [-0.3, -0.25) is 9.69 Å². The van der Waals surface area contributed by atoms with Crippen molar-refractivity contribution < 1.29 is 14.4 Å². The van der Waals surface area contributed by atoms with E-state index in [0.29, 0.717) is 30.6 Å². The molecular formula is C14H23N3O3. The lowest BCUT2D eigenvalue weighted by Gasteiger charge is -2.24. The second-order valence-electron chi connectivity index (χ2n) is 5.88. The van der Waals surface area contributed by atoms with Gasteiger partial charge in [0.2, 0.25) is 5.89 Å². The smallest absolute Gasteiger partial charge is 0.320 e. The van der Waals surface area contributed by atoms with E-state index in [9.17, 15) is 9.90 Å². The van der Waals surface area contributed by atoms with Crippen LogP contribution in [0.25, 0.3) is 0 Å². The van der Waals surface area contributed by atoms with E-state index in [1.165, 1.54) is 0 Å². The van der Waals surface area contributed by atoms with Crippen LogP contribution in [-0.4, -0.2) is 38.7 Å². The van der Waals surface area contributed by atoms with E-state index < -0.39 is 12.0 Å². The van der Waals surface area contributed by atoms with Crippen molar-refractivity contribution in [2.24, 2.45) is 5.92 Å². The molecule has 1 aliphatic rings. The van der Waals surface area contributed by atoms with Crippen LogP contribution in [0.1, 0.15) is 51.2 Å². The van der Waals surface area contributed by atoms with Gasteiger partial charge in [-0.25, -0.2) is 0 Å². The van der Waals surface area contributed by atoms with E-state index in [0.717, 1.165) is 32.2 Å². The second-order valence-corrected chi connectivity index (χ2v) is 5.88. The molecule has 1 fully saturated rings. The summed E-state index contributed by atoms with van der Waals surface area (Å²) >= 11 is 0. The van der Waals surface area contributed by atoms with Gasteiger partial charge < -0.3 is 9.63 Å². The largest absolute Gasteiger partial charge is 0.480 e. The van der Waals surface area contributed by atoms with E-state index in [1.54, 1.807) is 0 Å². The third-order valence-corrected chi connectivity index (χ3v) is 3.59. The number of aliphatic carboxylic acids is 1. The van der Waals surface area contributed by atoms with Crippen LogP contribution in [0.3, 0.4) is 0 Å². The van der Waals surface area contributed by atoms with Gasteiger partial charge in [0, 0.05) is 6.42 Å². The van der Waals surface area contributed by atoms with Gasteiger partial charge >= 0.3 is 5.97 Å². The highest BCUT2D eigenvalue weighted by molar-refractivity contribution is 5.73. The van der Waals surface area contributed by atoms with Crippen molar-refractivity contribution in [2.45, 2.75) is 58.5 Å². The maximum atomic E-state index is 11.4. The summed E-state index contributed by atoms with van der Waals surface area (Å²) in [5.41, 5.74) is 0. The van der Waals surface area contributed by atoms with Crippen molar-refractivity contribution in [3.8, 4) is 0 Å². The van der Waals surface area contributed by atoms with Crippen LogP contribution < -0.4 is 0 Å². The molecule has 1 aliphatic heterocycles. The zero-order chi connectivity index (χ0) is 14.5. The van der Waals surface area contributed by atoms with Crippen molar-refractivity contribution >= 4 is 5.97 Å². The highest BCUT2D eigenvalue weighted by Crippen LogP contribution is 2.19. The number of rotatable bonds is 5. The number of carboxylic acids is 1. The Labute approximate surface area is 119 Å². The Kier molecular flexibility index (Phi) is 5.11. The topological polar surface area (TPSA) is 79.5 Å². The summed E-state index contributed by atoms with van der Waals surface area (Å²) in [4.78, 5) is 17.7. The van der Waals surface area contributed by atoms with E-state index in [1.807, 2.05) is 4.90 Å². The standard InChI is InChI=1S/C14H23N3O3/c1-10(2)8-12-15-13(20-16-12)9-17-7-5-3-4-6-11(17)14(18)19/h10-11H,3-9H2,1-2H3,(H,18,19). The summed E-state index contributed by atoms with van der Waals surface area (Å²) in [5.74, 6) is 0.949. The first-order valence-corrected chi connectivity index (χ1v) is 7.34. The average Bonchev–Trinajstić information content (AvgIpc) is 2.65. The molecule has 1 aromatic heterocycles. The van der Waals surface area contributed by atoms with Gasteiger partial charge in [-0.1, -0.05) is 31.8 Å². The van der Waals surface area contributed by atoms with Crippen molar-refractivity contribution in [3.05, 3.63) is 11.7 Å². The summed E-state index contributed by atoms with van der Waals surface area (Å²) < 4.78 is 5.24. The fourth-order valence-corrected chi connectivity index (χ4v) is 2.61. The van der Waals surface area contributed by atoms with Crippen LogP contribution in [0.4, 0.5) is 0 Å². The number of carbonyl (C=O) groups is 1. The lowest BCUT2D eigenvalue weighted by molar-refractivity contribution is -0.143. The molecule has 0 radical (unpaired) electrons. The van der Waals surface area contributed by atoms with Gasteiger partial charge in [-0.15, -0.1) is 0 Å². The van der Waals surface area contributed by atoms with Gasteiger partial charge in [0.15, 0.2) is 5.82 Å². The third-order valence-electron chi connectivity index (χ3n) is 3.59. The third kappa shape index (κ3) is 4.03. The number of hydrogen-bond donors (Lipinski definition) is 1. The average molecular weight is 281 g/mol. The van der Waals surface area contributed by atoms with Crippen LogP contribution in [-0.2, 0) is 17.8 Å². The van der Waals surface area contributed by atoms with Crippen LogP contribution in [0.15, 0.2) is 4.52 Å². The minimum Gasteiger partial charge on any atom is -0.480 e. The molecule has 0 spiro atoms. The molecule has 112 valence electrons. The Morgan fingerprint density at radius 3 is 2.95 bits per heavy atom. The zero-order valence-corrected chi connectivity index (χ0v) is 12.2. The number of hydrogen-bond acceptors (Lipinski definition) is 5. The lowest BCUT2D eigenvalue weighted by atomic mass is 10.1. The monoisotopic (exact) mass is 281 g/mol. The van der Waals surface area contributed by atoms with E-state index in [-0.39, 0.29) is 0 Å². The zero-order valence-electron chi connectivity index (χ0n) is 12.2. The molecule has 2 heterocycles. The predicted octanol–water partition coefficient (Wildman–Crippen LogP) is 2.10. The maximum Gasteiger partial charge on any atom is 0.320 e. The van der Waals surface area contributed by atoms with Crippen LogP contribution in [0.5, 0.6) is 0 Å². The van der Waals surface area contributed by atoms with Crippen molar-refractivity contribution in [1.29, 1.82) is 0 Å². The van der Waals surface area contributed by atoms with Crippen molar-refractivity contribution in [1.82, 2.24) is 15.0 Å². The van der Waals surface area contributed by atoms with Crippen molar-refractivity contribution in [3.63, 3.8) is 0 Å². The number of likely N-dealkylation sites (tertiary alicyclic amines) is 1. The van der Waals surface area contributed by atoms with E-state index in [2.05, 4.69) is 24.0 Å². The fourth-order valence-electron chi connectivity index (χ4n) is 2.61. The Morgan fingerprint density at radius 1 is 1.45 bits per heavy atom. The molecule has 0 saturated carbocycles. The number of aromatic nitrogens is 2. The number of carboxylic acid groups (broad SMARTS) is 1. The van der Waals surface area contributed by atoms with Crippen LogP contribution >= 0.6 is 0 Å². The molecule has 0 bridgehead atoms. The molecule has 6 nitrogen and oxygen atoms in total. The van der Waals surface area contributed by atoms with Crippen LogP contribution in [0, 0.1) is 5.92 Å². The first kappa shape index (κ1) is 15.0. The number of nitrogens with zero attached hydrogens (tertiary/aromatic N) is 3. The van der Waals surface area contributed by atoms with Gasteiger partial charge in [0.1, 0.15) is 6.04 Å². The molecule has 1 N–H and O–H groups in total. The van der Waals surface area contributed by atoms with E-state index in [4.69, 9.17) is 4.52 Å². The Morgan fingerprint density at radius 2 is 2.25 bits per heavy atom. The molecule has 1 atom stereocenters. The molecule has 1 aromatic rings. The molecule has 0 aliphatic carbocycles. The SMILES string of the molecule is CC(C)Cc1noc(CN2CCCCCC2C(=O)O)n1. The first-order chi connectivity index (χ1) is 9.56. The van der Waals surface area contributed by atoms with Gasteiger partial charge in [0.05, 0.1) is 6.54 Å². The molecule has 20 heavy (non-hydrogen) atoms. The maximum absolute atomic E-state index is 11.4. The molecular weight excluding hydrogens is 258 g/mol. The Hall–Kier alpha value is -1.43. The quantitative estimate of drug-likeness (QED) is 0.890. The fraction of sp³-hybridized carbons (Fsp3) is 0.786. The Balaban J connectivity index is 2.02. The summed E-state index contributed by atoms with van der Waals surface area (Å²) in [6.07, 6.45) is 4.56. The van der Waals surface area contributed by atoms with Gasteiger partial charge in [-0.2, -0.15) is 4.98 Å². The predicted molar refractivity (Wildman–Crippen MR) is 73.1 cm³/mol. The first-order valence-electron chi connectivity index (χ1n) is 7.34. The summed E-state index contributed by atoms with van der Waals surface area (Å²) in [5, 5.41) is 13.3. The lowest BCUT2D eigenvalue weighted by Crippen LogP contribution is -2.40. The van der Waals surface area contributed by atoms with Crippen LogP contribution in [0.2, 0.25) is 0 Å².